The van der Waals surface area contributed by atoms with Crippen LogP contribution in [0, 0.1) is 11.8 Å². The molecule has 0 spiro atoms. The molecule has 144 valence electrons. The van der Waals surface area contributed by atoms with Crippen molar-refractivity contribution in [3.05, 3.63) is 16.0 Å². The lowest BCUT2D eigenvalue weighted by Gasteiger charge is -2.30. The summed E-state index contributed by atoms with van der Waals surface area (Å²) in [6.45, 7) is 2.80. The molecule has 2 atom stereocenters. The van der Waals surface area contributed by atoms with Crippen LogP contribution in [0.4, 0.5) is 5.00 Å². The fourth-order valence-electron chi connectivity index (χ4n) is 3.77. The summed E-state index contributed by atoms with van der Waals surface area (Å²) in [5.74, 6) is -0.634. The topological polar surface area (TPSA) is 110 Å². The number of nitrogens with one attached hydrogen (secondary N) is 1. The number of piperidine rings is 1. The summed E-state index contributed by atoms with van der Waals surface area (Å²) in [4.78, 5) is 25.8. The van der Waals surface area contributed by atoms with Crippen LogP contribution < -0.4 is 11.1 Å². The van der Waals surface area contributed by atoms with Gasteiger partial charge in [0.25, 0.3) is 5.91 Å². The van der Waals surface area contributed by atoms with Crippen LogP contribution in [0.15, 0.2) is 0 Å². The van der Waals surface area contributed by atoms with E-state index in [9.17, 15) is 18.0 Å². The van der Waals surface area contributed by atoms with Crippen LogP contribution >= 0.6 is 11.3 Å². The maximum Gasteiger partial charge on any atom is 0.251 e. The van der Waals surface area contributed by atoms with Gasteiger partial charge >= 0.3 is 0 Å². The van der Waals surface area contributed by atoms with Crippen molar-refractivity contribution in [1.82, 2.24) is 4.31 Å². The van der Waals surface area contributed by atoms with E-state index in [1.165, 1.54) is 15.6 Å². The summed E-state index contributed by atoms with van der Waals surface area (Å²) < 4.78 is 24.9. The Kier molecular flexibility index (Phi) is 5.41. The van der Waals surface area contributed by atoms with Crippen LogP contribution in [0.2, 0.25) is 0 Å². The monoisotopic (exact) mass is 399 g/mol. The van der Waals surface area contributed by atoms with Gasteiger partial charge < -0.3 is 11.1 Å². The lowest BCUT2D eigenvalue weighted by molar-refractivity contribution is -0.120. The Bertz CT molecular complexity index is 831. The Balaban J connectivity index is 1.80. The third-order valence-corrected chi connectivity index (χ3v) is 7.66. The van der Waals surface area contributed by atoms with Gasteiger partial charge in [0.05, 0.1) is 17.7 Å². The number of amides is 2. The molecule has 0 saturated carbocycles. The van der Waals surface area contributed by atoms with Crippen molar-refractivity contribution in [2.45, 2.75) is 39.0 Å². The van der Waals surface area contributed by atoms with Crippen LogP contribution in [-0.2, 0) is 27.7 Å². The summed E-state index contributed by atoms with van der Waals surface area (Å²) in [5, 5.41) is 3.38. The summed E-state index contributed by atoms with van der Waals surface area (Å²) in [7, 11) is -3.31. The van der Waals surface area contributed by atoms with E-state index in [1.807, 2.05) is 0 Å². The Morgan fingerprint density at radius 3 is 2.69 bits per heavy atom. The second kappa shape index (κ2) is 7.28. The van der Waals surface area contributed by atoms with Gasteiger partial charge in [-0.25, -0.2) is 12.7 Å². The van der Waals surface area contributed by atoms with E-state index in [-0.39, 0.29) is 12.5 Å². The van der Waals surface area contributed by atoms with E-state index in [0.29, 0.717) is 35.9 Å². The van der Waals surface area contributed by atoms with E-state index in [2.05, 4.69) is 12.2 Å². The van der Waals surface area contributed by atoms with Crippen LogP contribution in [0.3, 0.4) is 0 Å². The average molecular weight is 400 g/mol. The first kappa shape index (κ1) is 19.3. The number of thiophene rings is 1. The molecule has 26 heavy (non-hydrogen) atoms. The first-order valence-electron chi connectivity index (χ1n) is 8.87. The molecule has 1 aliphatic heterocycles. The number of carbonyl (C=O) groups is 2. The highest BCUT2D eigenvalue weighted by Crippen LogP contribution is 2.39. The summed E-state index contributed by atoms with van der Waals surface area (Å²) in [5.41, 5.74) is 6.98. The number of hydrogen-bond donors (Lipinski definition) is 2. The zero-order valence-corrected chi connectivity index (χ0v) is 16.7. The third-order valence-electron chi connectivity index (χ3n) is 5.22. The molecule has 3 rings (SSSR count). The van der Waals surface area contributed by atoms with E-state index < -0.39 is 21.8 Å². The quantitative estimate of drug-likeness (QED) is 0.801. The molecule has 2 heterocycles. The molecule has 1 fully saturated rings. The molecule has 2 aliphatic rings. The molecule has 2 amide bonds. The van der Waals surface area contributed by atoms with E-state index in [0.717, 1.165) is 36.0 Å². The van der Waals surface area contributed by atoms with Crippen molar-refractivity contribution in [1.29, 1.82) is 0 Å². The third kappa shape index (κ3) is 3.94. The van der Waals surface area contributed by atoms with Gasteiger partial charge in [0.1, 0.15) is 5.00 Å². The van der Waals surface area contributed by atoms with Gasteiger partial charge in [0.2, 0.25) is 15.9 Å². The first-order valence-corrected chi connectivity index (χ1v) is 11.5. The van der Waals surface area contributed by atoms with E-state index in [4.69, 9.17) is 5.73 Å². The highest BCUT2D eigenvalue weighted by atomic mass is 32.2. The highest BCUT2D eigenvalue weighted by Gasteiger charge is 2.32. The molecule has 0 aromatic carbocycles. The Morgan fingerprint density at radius 1 is 1.31 bits per heavy atom. The number of sulfonamides is 1. The Labute approximate surface area is 158 Å². The number of carbonyl (C=O) groups excluding carboxylic acids is 2. The zero-order valence-electron chi connectivity index (χ0n) is 15.1. The van der Waals surface area contributed by atoms with Crippen molar-refractivity contribution in [3.63, 3.8) is 0 Å². The van der Waals surface area contributed by atoms with Crippen LogP contribution in [0.1, 0.15) is 47.0 Å². The second-order valence-corrected chi connectivity index (χ2v) is 10.5. The van der Waals surface area contributed by atoms with Gasteiger partial charge in [0, 0.05) is 18.0 Å². The Hall–Kier alpha value is -1.45. The van der Waals surface area contributed by atoms with Crippen molar-refractivity contribution in [3.8, 4) is 0 Å². The molecule has 3 N–H and O–H groups in total. The average Bonchev–Trinajstić information content (AvgIpc) is 2.91. The van der Waals surface area contributed by atoms with Gasteiger partial charge in [-0.15, -0.1) is 11.3 Å². The van der Waals surface area contributed by atoms with Gasteiger partial charge in [-0.2, -0.15) is 0 Å². The van der Waals surface area contributed by atoms with Gasteiger partial charge in [-0.05, 0) is 43.6 Å². The maximum atomic E-state index is 12.7. The fraction of sp³-hybridized carbons (Fsp3) is 0.647. The molecule has 2 unspecified atom stereocenters. The summed E-state index contributed by atoms with van der Waals surface area (Å²) in [6, 6.07) is 0. The molecular weight excluding hydrogens is 374 g/mol. The number of nitrogens with two attached hydrogens (primary N) is 1. The SMILES string of the molecule is CC1CCc2c(sc(NC(=O)C3CCCN(S(C)(=O)=O)C3)c2C(N)=O)C1. The molecule has 1 aromatic rings. The lowest BCUT2D eigenvalue weighted by atomic mass is 9.88. The van der Waals surface area contributed by atoms with Crippen molar-refractivity contribution in [2.75, 3.05) is 24.7 Å². The second-order valence-electron chi connectivity index (χ2n) is 7.37. The van der Waals surface area contributed by atoms with Crippen molar-refractivity contribution < 1.29 is 18.0 Å². The molecule has 7 nitrogen and oxygen atoms in total. The zero-order chi connectivity index (χ0) is 19.1. The number of primary amides is 1. The Morgan fingerprint density at radius 2 is 2.04 bits per heavy atom. The summed E-state index contributed by atoms with van der Waals surface area (Å²) in [6.07, 6.45) is 5.13. The predicted octanol–water partition coefficient (Wildman–Crippen LogP) is 1.58. The minimum atomic E-state index is -3.31. The number of anilines is 1. The van der Waals surface area contributed by atoms with Gasteiger partial charge in [0.15, 0.2) is 0 Å². The minimum absolute atomic E-state index is 0.179. The smallest absolute Gasteiger partial charge is 0.251 e. The molecular formula is C17H25N3O4S2. The van der Waals surface area contributed by atoms with Crippen LogP contribution in [-0.4, -0.2) is 43.9 Å². The number of rotatable bonds is 4. The number of hydrogen-bond acceptors (Lipinski definition) is 5. The van der Waals surface area contributed by atoms with Crippen LogP contribution in [0.25, 0.3) is 0 Å². The van der Waals surface area contributed by atoms with Gasteiger partial charge in [-0.1, -0.05) is 6.92 Å². The molecule has 1 aliphatic carbocycles. The fourth-order valence-corrected chi connectivity index (χ4v) is 6.10. The molecule has 0 radical (unpaired) electrons. The molecule has 9 heteroatoms. The standard InChI is InChI=1S/C17H25N3O4S2/c1-10-5-6-12-13(8-10)25-17(14(12)15(18)21)19-16(22)11-4-3-7-20(9-11)26(2,23)24/h10-11H,3-9H2,1-2H3,(H2,18,21)(H,19,22). The lowest BCUT2D eigenvalue weighted by Crippen LogP contribution is -2.43. The van der Waals surface area contributed by atoms with Crippen LogP contribution in [0.5, 0.6) is 0 Å². The molecule has 1 aromatic heterocycles. The predicted molar refractivity (Wildman–Crippen MR) is 102 cm³/mol. The highest BCUT2D eigenvalue weighted by molar-refractivity contribution is 7.88. The maximum absolute atomic E-state index is 12.7. The van der Waals surface area contributed by atoms with Gasteiger partial charge in [-0.3, -0.25) is 9.59 Å². The largest absolute Gasteiger partial charge is 0.365 e. The number of fused-ring (bicyclic) bond motifs is 1. The van der Waals surface area contributed by atoms with Crippen molar-refractivity contribution >= 4 is 38.2 Å². The normalized spacial score (nSPS) is 24.1. The van der Waals surface area contributed by atoms with E-state index >= 15 is 0 Å². The van der Waals surface area contributed by atoms with E-state index in [1.54, 1.807) is 0 Å². The minimum Gasteiger partial charge on any atom is -0.365 e. The summed E-state index contributed by atoms with van der Waals surface area (Å²) >= 11 is 1.43. The van der Waals surface area contributed by atoms with Crippen molar-refractivity contribution in [2.24, 2.45) is 17.6 Å². The molecule has 0 bridgehead atoms. The molecule has 1 saturated heterocycles. The number of nitrogens with zero attached hydrogens (tertiary/aromatic N) is 1. The first-order chi connectivity index (χ1) is 12.2.